The van der Waals surface area contributed by atoms with Crippen LogP contribution in [0.4, 0.5) is 8.78 Å². The Morgan fingerprint density at radius 1 is 1.10 bits per heavy atom. The molecule has 0 aliphatic rings. The number of rotatable bonds is 5. The molecule has 0 fully saturated rings. The van der Waals surface area contributed by atoms with Crippen LogP contribution < -0.4 is 5.32 Å². The first-order valence-corrected chi connectivity index (χ1v) is 6.41. The van der Waals surface area contributed by atoms with E-state index in [9.17, 15) is 13.6 Å². The number of halogens is 2. The van der Waals surface area contributed by atoms with Gasteiger partial charge in [0.15, 0.2) is 11.6 Å². The Bertz CT molecular complexity index is 644. The minimum absolute atomic E-state index is 0.217. The molecule has 0 bridgehead atoms. The predicted molar refractivity (Wildman–Crippen MR) is 74.7 cm³/mol. The third-order valence-electron chi connectivity index (χ3n) is 3.05. The Balaban J connectivity index is 2.09. The zero-order valence-corrected chi connectivity index (χ0v) is 11.5. The molecule has 0 radical (unpaired) electrons. The van der Waals surface area contributed by atoms with E-state index >= 15 is 0 Å². The summed E-state index contributed by atoms with van der Waals surface area (Å²) in [6, 6.07) is 10.9. The third kappa shape index (κ3) is 3.64. The second kappa shape index (κ2) is 6.95. The lowest BCUT2D eigenvalue weighted by molar-refractivity contribution is 0.0945. The molecule has 2 aromatic carbocycles. The number of amides is 1. The number of benzene rings is 2. The van der Waals surface area contributed by atoms with Crippen LogP contribution in [0.25, 0.3) is 0 Å². The third-order valence-corrected chi connectivity index (χ3v) is 3.05. The highest BCUT2D eigenvalue weighted by molar-refractivity contribution is 5.94. The summed E-state index contributed by atoms with van der Waals surface area (Å²) in [7, 11) is 1.58. The van der Waals surface area contributed by atoms with Crippen LogP contribution in [0.2, 0.25) is 0 Å². The lowest BCUT2D eigenvalue weighted by Crippen LogP contribution is -2.24. The van der Waals surface area contributed by atoms with Gasteiger partial charge in [-0.25, -0.2) is 8.78 Å². The quantitative estimate of drug-likeness (QED) is 0.919. The molecular weight excluding hydrogens is 276 g/mol. The fourth-order valence-corrected chi connectivity index (χ4v) is 1.98. The molecular formula is C16H15F2NO2. The molecule has 1 amide bonds. The van der Waals surface area contributed by atoms with Gasteiger partial charge in [0, 0.05) is 13.7 Å². The molecule has 0 aliphatic heterocycles. The molecule has 0 aliphatic carbocycles. The molecule has 5 heteroatoms. The normalized spacial score (nSPS) is 10.4. The van der Waals surface area contributed by atoms with Gasteiger partial charge in [0.1, 0.15) is 0 Å². The van der Waals surface area contributed by atoms with Crippen molar-refractivity contribution in [3.05, 3.63) is 70.8 Å². The largest absolute Gasteiger partial charge is 0.380 e. The van der Waals surface area contributed by atoms with Gasteiger partial charge in [-0.1, -0.05) is 30.3 Å². The van der Waals surface area contributed by atoms with Gasteiger partial charge in [-0.15, -0.1) is 0 Å². The fraction of sp³-hybridized carbons (Fsp3) is 0.188. The molecule has 0 unspecified atom stereocenters. The van der Waals surface area contributed by atoms with Crippen LogP contribution in [0, 0.1) is 11.6 Å². The maximum Gasteiger partial charge on any atom is 0.254 e. The summed E-state index contributed by atoms with van der Waals surface area (Å²) < 4.78 is 31.7. The van der Waals surface area contributed by atoms with E-state index in [0.717, 1.165) is 17.2 Å². The molecule has 110 valence electrons. The molecule has 0 spiro atoms. The predicted octanol–water partition coefficient (Wildman–Crippen LogP) is 3.04. The summed E-state index contributed by atoms with van der Waals surface area (Å²) in [4.78, 5) is 11.9. The molecule has 1 N–H and O–H groups in total. The summed E-state index contributed by atoms with van der Waals surface area (Å²) in [5.41, 5.74) is 1.49. The van der Waals surface area contributed by atoms with Crippen LogP contribution in [-0.4, -0.2) is 13.0 Å². The minimum atomic E-state index is -1.14. The van der Waals surface area contributed by atoms with E-state index in [1.807, 2.05) is 24.3 Å². The van der Waals surface area contributed by atoms with E-state index < -0.39 is 17.5 Å². The van der Waals surface area contributed by atoms with E-state index in [4.69, 9.17) is 4.74 Å². The van der Waals surface area contributed by atoms with E-state index in [0.29, 0.717) is 6.61 Å². The highest BCUT2D eigenvalue weighted by Gasteiger charge is 2.15. The van der Waals surface area contributed by atoms with E-state index in [2.05, 4.69) is 5.32 Å². The van der Waals surface area contributed by atoms with Gasteiger partial charge < -0.3 is 10.1 Å². The molecule has 21 heavy (non-hydrogen) atoms. The summed E-state index contributed by atoms with van der Waals surface area (Å²) in [5.74, 6) is -2.83. The summed E-state index contributed by atoms with van der Waals surface area (Å²) >= 11 is 0. The first-order chi connectivity index (χ1) is 10.1. The van der Waals surface area contributed by atoms with Gasteiger partial charge in [0.2, 0.25) is 0 Å². The number of hydrogen-bond acceptors (Lipinski definition) is 2. The number of nitrogens with one attached hydrogen (secondary N) is 1. The Labute approximate surface area is 121 Å². The maximum absolute atomic E-state index is 13.5. The van der Waals surface area contributed by atoms with Crippen molar-refractivity contribution in [1.82, 2.24) is 5.32 Å². The van der Waals surface area contributed by atoms with Crippen molar-refractivity contribution in [3.8, 4) is 0 Å². The van der Waals surface area contributed by atoms with Crippen LogP contribution in [0.15, 0.2) is 42.5 Å². The zero-order chi connectivity index (χ0) is 15.2. The summed E-state index contributed by atoms with van der Waals surface area (Å²) in [5, 5.41) is 2.58. The highest BCUT2D eigenvalue weighted by Crippen LogP contribution is 2.13. The standard InChI is InChI=1S/C16H15F2NO2/c1-21-10-12-6-3-2-5-11(12)9-19-16(20)13-7-4-8-14(17)15(13)18/h2-8H,9-10H2,1H3,(H,19,20). The van der Waals surface area contributed by atoms with Crippen LogP contribution in [0.3, 0.4) is 0 Å². The first-order valence-electron chi connectivity index (χ1n) is 6.41. The first kappa shape index (κ1) is 15.1. The second-order valence-electron chi connectivity index (χ2n) is 4.49. The molecule has 0 heterocycles. The van der Waals surface area contributed by atoms with E-state index in [1.54, 1.807) is 7.11 Å². The zero-order valence-electron chi connectivity index (χ0n) is 11.5. The smallest absolute Gasteiger partial charge is 0.254 e. The molecule has 2 rings (SSSR count). The SMILES string of the molecule is COCc1ccccc1CNC(=O)c1cccc(F)c1F. The Hall–Kier alpha value is -2.27. The minimum Gasteiger partial charge on any atom is -0.380 e. The van der Waals surface area contributed by atoms with Gasteiger partial charge in [-0.2, -0.15) is 0 Å². The number of carbonyl (C=O) groups is 1. The van der Waals surface area contributed by atoms with Gasteiger partial charge in [0.25, 0.3) is 5.91 Å². The van der Waals surface area contributed by atoms with E-state index in [1.165, 1.54) is 12.1 Å². The van der Waals surface area contributed by atoms with Crippen molar-refractivity contribution in [2.24, 2.45) is 0 Å². The summed E-state index contributed by atoms with van der Waals surface area (Å²) in [6.45, 7) is 0.634. The summed E-state index contributed by atoms with van der Waals surface area (Å²) in [6.07, 6.45) is 0. The Kier molecular flexibility index (Phi) is 5.00. The van der Waals surface area contributed by atoms with Crippen molar-refractivity contribution >= 4 is 5.91 Å². The highest BCUT2D eigenvalue weighted by atomic mass is 19.2. The second-order valence-corrected chi connectivity index (χ2v) is 4.49. The molecule has 0 aromatic heterocycles. The Morgan fingerprint density at radius 3 is 2.52 bits per heavy atom. The maximum atomic E-state index is 13.5. The number of carbonyl (C=O) groups excluding carboxylic acids is 1. The molecule has 0 saturated heterocycles. The van der Waals surface area contributed by atoms with Crippen molar-refractivity contribution in [1.29, 1.82) is 0 Å². The Morgan fingerprint density at radius 2 is 1.81 bits per heavy atom. The number of methoxy groups -OCH3 is 1. The van der Waals surface area contributed by atoms with Crippen LogP contribution in [0.1, 0.15) is 21.5 Å². The average Bonchev–Trinajstić information content (AvgIpc) is 2.49. The van der Waals surface area contributed by atoms with Crippen molar-refractivity contribution in [2.45, 2.75) is 13.2 Å². The fourth-order valence-electron chi connectivity index (χ4n) is 1.98. The lowest BCUT2D eigenvalue weighted by atomic mass is 10.1. The van der Waals surface area contributed by atoms with Gasteiger partial charge in [0.05, 0.1) is 12.2 Å². The van der Waals surface area contributed by atoms with Crippen LogP contribution in [0.5, 0.6) is 0 Å². The molecule has 2 aromatic rings. The van der Waals surface area contributed by atoms with Crippen LogP contribution in [-0.2, 0) is 17.9 Å². The number of hydrogen-bond donors (Lipinski definition) is 1. The monoisotopic (exact) mass is 291 g/mol. The van der Waals surface area contributed by atoms with Crippen molar-refractivity contribution < 1.29 is 18.3 Å². The number of ether oxygens (including phenoxy) is 1. The topological polar surface area (TPSA) is 38.3 Å². The molecule has 0 atom stereocenters. The average molecular weight is 291 g/mol. The van der Waals surface area contributed by atoms with Gasteiger partial charge >= 0.3 is 0 Å². The van der Waals surface area contributed by atoms with E-state index in [-0.39, 0.29) is 12.1 Å². The van der Waals surface area contributed by atoms with Crippen LogP contribution >= 0.6 is 0 Å². The van der Waals surface area contributed by atoms with Crippen molar-refractivity contribution in [2.75, 3.05) is 7.11 Å². The van der Waals surface area contributed by atoms with Gasteiger partial charge in [-0.3, -0.25) is 4.79 Å². The molecule has 0 saturated carbocycles. The lowest BCUT2D eigenvalue weighted by Gasteiger charge is -2.10. The van der Waals surface area contributed by atoms with Crippen molar-refractivity contribution in [3.63, 3.8) is 0 Å². The molecule has 3 nitrogen and oxygen atoms in total. The van der Waals surface area contributed by atoms with Gasteiger partial charge in [-0.05, 0) is 23.3 Å².